The molecule has 0 radical (unpaired) electrons. The van der Waals surface area contributed by atoms with Crippen LogP contribution in [0.25, 0.3) is 53.1 Å². The van der Waals surface area contributed by atoms with Gasteiger partial charge in [-0.25, -0.2) is 9.97 Å². The normalized spacial score (nSPS) is 12.4. The SMILES string of the molecule is CC(C)(C)c1cc2sc3c(-c4ccc5ccccc5c4)ncnc3c2c2ccccc12. The van der Waals surface area contributed by atoms with E-state index in [0.717, 1.165) is 21.5 Å². The maximum absolute atomic E-state index is 4.76. The lowest BCUT2D eigenvalue weighted by Crippen LogP contribution is -2.11. The zero-order chi connectivity index (χ0) is 21.2. The Labute approximate surface area is 185 Å². The van der Waals surface area contributed by atoms with Crippen LogP contribution in [0.15, 0.2) is 79.1 Å². The largest absolute Gasteiger partial charge is 0.235 e. The summed E-state index contributed by atoms with van der Waals surface area (Å²) < 4.78 is 2.44. The molecular formula is C28H22N2S. The van der Waals surface area contributed by atoms with Gasteiger partial charge in [-0.15, -0.1) is 11.3 Å². The number of thiophene rings is 1. The molecular weight excluding hydrogens is 396 g/mol. The van der Waals surface area contributed by atoms with Gasteiger partial charge in [0.15, 0.2) is 0 Å². The molecule has 6 rings (SSSR count). The molecule has 0 saturated carbocycles. The van der Waals surface area contributed by atoms with Gasteiger partial charge in [0.05, 0.1) is 15.9 Å². The first-order chi connectivity index (χ1) is 15.0. The van der Waals surface area contributed by atoms with Crippen molar-refractivity contribution < 1.29 is 0 Å². The van der Waals surface area contributed by atoms with E-state index in [1.807, 2.05) is 11.3 Å². The summed E-state index contributed by atoms with van der Waals surface area (Å²) in [5, 5.41) is 6.31. The summed E-state index contributed by atoms with van der Waals surface area (Å²) in [6.07, 6.45) is 1.71. The molecule has 31 heavy (non-hydrogen) atoms. The second kappa shape index (κ2) is 6.60. The predicted octanol–water partition coefficient (Wildman–Crippen LogP) is 8.12. The lowest BCUT2D eigenvalue weighted by atomic mass is 9.83. The number of hydrogen-bond acceptors (Lipinski definition) is 3. The third-order valence-electron chi connectivity index (χ3n) is 6.09. The summed E-state index contributed by atoms with van der Waals surface area (Å²) >= 11 is 1.81. The van der Waals surface area contributed by atoms with Gasteiger partial charge in [-0.3, -0.25) is 0 Å². The van der Waals surface area contributed by atoms with E-state index in [2.05, 4.69) is 93.6 Å². The summed E-state index contributed by atoms with van der Waals surface area (Å²) in [5.74, 6) is 0. The number of rotatable bonds is 1. The first kappa shape index (κ1) is 18.5. The molecule has 2 heterocycles. The van der Waals surface area contributed by atoms with Crippen LogP contribution in [0.5, 0.6) is 0 Å². The van der Waals surface area contributed by atoms with Gasteiger partial charge in [0.25, 0.3) is 0 Å². The van der Waals surface area contributed by atoms with Gasteiger partial charge in [-0.05, 0) is 44.7 Å². The van der Waals surface area contributed by atoms with Gasteiger partial charge in [0, 0.05) is 15.6 Å². The van der Waals surface area contributed by atoms with Crippen LogP contribution in [0.1, 0.15) is 26.3 Å². The van der Waals surface area contributed by atoms with Crippen LogP contribution in [-0.2, 0) is 5.41 Å². The number of nitrogens with zero attached hydrogens (tertiary/aromatic N) is 2. The van der Waals surface area contributed by atoms with Gasteiger partial charge in [0.2, 0.25) is 0 Å². The first-order valence-electron chi connectivity index (χ1n) is 10.6. The Hall–Kier alpha value is -3.30. The van der Waals surface area contributed by atoms with Crippen molar-refractivity contribution in [1.29, 1.82) is 0 Å². The second-order valence-electron chi connectivity index (χ2n) is 9.16. The Morgan fingerprint density at radius 2 is 1.48 bits per heavy atom. The van der Waals surface area contributed by atoms with Crippen LogP contribution in [0, 0.1) is 0 Å². The molecule has 0 fully saturated rings. The quantitative estimate of drug-likeness (QED) is 0.269. The fourth-order valence-electron chi connectivity index (χ4n) is 4.60. The zero-order valence-electron chi connectivity index (χ0n) is 17.8. The van der Waals surface area contributed by atoms with Crippen molar-refractivity contribution in [2.45, 2.75) is 26.2 Å². The predicted molar refractivity (Wildman–Crippen MR) is 134 cm³/mol. The molecule has 3 heteroatoms. The molecule has 0 bridgehead atoms. The van der Waals surface area contributed by atoms with Gasteiger partial charge < -0.3 is 0 Å². The van der Waals surface area contributed by atoms with E-state index in [1.165, 1.54) is 37.2 Å². The van der Waals surface area contributed by atoms with Crippen LogP contribution < -0.4 is 0 Å². The highest BCUT2D eigenvalue weighted by Gasteiger charge is 2.22. The fraction of sp³-hybridized carbons (Fsp3) is 0.143. The van der Waals surface area contributed by atoms with Crippen LogP contribution in [0.2, 0.25) is 0 Å². The monoisotopic (exact) mass is 418 g/mol. The number of benzene rings is 4. The van der Waals surface area contributed by atoms with Gasteiger partial charge in [0.1, 0.15) is 6.33 Å². The Balaban J connectivity index is 1.71. The Morgan fingerprint density at radius 1 is 0.742 bits per heavy atom. The van der Waals surface area contributed by atoms with Crippen LogP contribution in [0.3, 0.4) is 0 Å². The number of hydrogen-bond donors (Lipinski definition) is 0. The maximum atomic E-state index is 4.76. The van der Waals surface area contributed by atoms with E-state index in [4.69, 9.17) is 9.97 Å². The summed E-state index contributed by atoms with van der Waals surface area (Å²) in [6.45, 7) is 6.86. The molecule has 0 aliphatic carbocycles. The summed E-state index contributed by atoms with van der Waals surface area (Å²) in [6, 6.07) is 26.2. The molecule has 2 aromatic heterocycles. The van der Waals surface area contributed by atoms with E-state index in [0.29, 0.717) is 0 Å². The van der Waals surface area contributed by atoms with Crippen LogP contribution in [-0.4, -0.2) is 9.97 Å². The minimum absolute atomic E-state index is 0.0663. The molecule has 150 valence electrons. The standard InChI is InChI=1S/C28H22N2S/c1-28(2,3)22-15-23-24(21-11-7-6-10-20(21)22)26-27(31-23)25(29-16-30-26)19-13-12-17-8-4-5-9-18(17)14-19/h4-16H,1-3H3. The van der Waals surface area contributed by atoms with E-state index in [-0.39, 0.29) is 5.41 Å². The first-order valence-corrected chi connectivity index (χ1v) is 11.4. The summed E-state index contributed by atoms with van der Waals surface area (Å²) in [5.41, 5.74) is 4.64. The van der Waals surface area contributed by atoms with Gasteiger partial charge in [-0.1, -0.05) is 81.4 Å². The lowest BCUT2D eigenvalue weighted by molar-refractivity contribution is 0.597. The molecule has 0 unspecified atom stereocenters. The number of aromatic nitrogens is 2. The topological polar surface area (TPSA) is 25.8 Å². The third kappa shape index (κ3) is 2.84. The van der Waals surface area contributed by atoms with Crippen LogP contribution >= 0.6 is 11.3 Å². The zero-order valence-corrected chi connectivity index (χ0v) is 18.6. The maximum Gasteiger partial charge on any atom is 0.116 e. The molecule has 0 amide bonds. The van der Waals surface area contributed by atoms with E-state index >= 15 is 0 Å². The highest BCUT2D eigenvalue weighted by molar-refractivity contribution is 7.26. The van der Waals surface area contributed by atoms with Gasteiger partial charge in [-0.2, -0.15) is 0 Å². The average Bonchev–Trinajstić information content (AvgIpc) is 3.16. The lowest BCUT2D eigenvalue weighted by Gasteiger charge is -2.22. The van der Waals surface area contributed by atoms with E-state index in [1.54, 1.807) is 6.33 Å². The molecule has 2 nitrogen and oxygen atoms in total. The van der Waals surface area contributed by atoms with Crippen molar-refractivity contribution >= 4 is 53.2 Å². The van der Waals surface area contributed by atoms with E-state index in [9.17, 15) is 0 Å². The van der Waals surface area contributed by atoms with Gasteiger partial charge >= 0.3 is 0 Å². The van der Waals surface area contributed by atoms with Crippen molar-refractivity contribution in [3.05, 3.63) is 84.7 Å². The minimum Gasteiger partial charge on any atom is -0.235 e. The summed E-state index contributed by atoms with van der Waals surface area (Å²) in [4.78, 5) is 9.49. The summed E-state index contributed by atoms with van der Waals surface area (Å²) in [7, 11) is 0. The van der Waals surface area contributed by atoms with Crippen molar-refractivity contribution in [3.63, 3.8) is 0 Å². The Morgan fingerprint density at radius 3 is 2.29 bits per heavy atom. The highest BCUT2D eigenvalue weighted by atomic mass is 32.1. The van der Waals surface area contributed by atoms with Crippen molar-refractivity contribution in [2.75, 3.05) is 0 Å². The molecule has 0 atom stereocenters. The molecule has 0 aliphatic heterocycles. The van der Waals surface area contributed by atoms with Crippen molar-refractivity contribution in [3.8, 4) is 11.3 Å². The molecule has 0 saturated heterocycles. The van der Waals surface area contributed by atoms with Crippen molar-refractivity contribution in [2.24, 2.45) is 0 Å². The van der Waals surface area contributed by atoms with Crippen LogP contribution in [0.4, 0.5) is 0 Å². The van der Waals surface area contributed by atoms with Crippen molar-refractivity contribution in [1.82, 2.24) is 9.97 Å². The molecule has 0 aliphatic rings. The minimum atomic E-state index is 0.0663. The van der Waals surface area contributed by atoms with E-state index < -0.39 is 0 Å². The Kier molecular flexibility index (Phi) is 3.93. The third-order valence-corrected chi connectivity index (χ3v) is 7.22. The average molecular weight is 419 g/mol. The second-order valence-corrected chi connectivity index (χ2v) is 10.2. The molecule has 0 N–H and O–H groups in total. The number of fused-ring (bicyclic) bond motifs is 6. The highest BCUT2D eigenvalue weighted by Crippen LogP contribution is 2.44. The fourth-order valence-corrected chi connectivity index (χ4v) is 5.82. The molecule has 6 aromatic rings. The molecule has 0 spiro atoms. The molecule has 4 aromatic carbocycles. The Bertz CT molecular complexity index is 1620. The smallest absolute Gasteiger partial charge is 0.116 e.